The zero-order valence-electron chi connectivity index (χ0n) is 12.8. The Kier molecular flexibility index (Phi) is 5.38. The quantitative estimate of drug-likeness (QED) is 0.801. The molecule has 21 heavy (non-hydrogen) atoms. The first-order chi connectivity index (χ1) is 10.1. The van der Waals surface area contributed by atoms with Gasteiger partial charge in [0.15, 0.2) is 0 Å². The largest absolute Gasteiger partial charge is 0.348 e. The van der Waals surface area contributed by atoms with E-state index in [9.17, 15) is 4.79 Å². The highest BCUT2D eigenvalue weighted by Crippen LogP contribution is 2.13. The van der Waals surface area contributed by atoms with Crippen molar-refractivity contribution in [3.63, 3.8) is 0 Å². The van der Waals surface area contributed by atoms with E-state index in [1.807, 2.05) is 25.1 Å². The molecule has 1 unspecified atom stereocenters. The first-order valence-electron chi connectivity index (χ1n) is 7.39. The van der Waals surface area contributed by atoms with Crippen LogP contribution in [-0.4, -0.2) is 43.5 Å². The molecular weight excluding hydrogens is 262 g/mol. The first-order valence-corrected chi connectivity index (χ1v) is 7.39. The number of likely N-dealkylation sites (N-methyl/N-ethyl adjacent to an activating group) is 1. The molecule has 4 heteroatoms. The van der Waals surface area contributed by atoms with E-state index in [1.165, 1.54) is 0 Å². The zero-order valence-corrected chi connectivity index (χ0v) is 12.8. The van der Waals surface area contributed by atoms with E-state index in [4.69, 9.17) is 5.73 Å². The molecule has 1 fully saturated rings. The van der Waals surface area contributed by atoms with Gasteiger partial charge >= 0.3 is 0 Å². The minimum absolute atomic E-state index is 0.0414. The van der Waals surface area contributed by atoms with Crippen LogP contribution >= 0.6 is 0 Å². The lowest BCUT2D eigenvalue weighted by atomic mass is 10.0. The Bertz CT molecular complexity index is 571. The van der Waals surface area contributed by atoms with Crippen LogP contribution < -0.4 is 11.1 Å². The van der Waals surface area contributed by atoms with Gasteiger partial charge in [-0.1, -0.05) is 23.5 Å². The van der Waals surface area contributed by atoms with E-state index in [0.717, 1.165) is 37.1 Å². The number of amides is 1. The molecule has 0 saturated carbocycles. The highest BCUT2D eigenvalue weighted by molar-refractivity contribution is 5.97. The van der Waals surface area contributed by atoms with Crippen LogP contribution in [0, 0.1) is 18.8 Å². The van der Waals surface area contributed by atoms with E-state index < -0.39 is 0 Å². The molecule has 2 rings (SSSR count). The van der Waals surface area contributed by atoms with Gasteiger partial charge in [-0.15, -0.1) is 0 Å². The minimum atomic E-state index is -0.0414. The summed E-state index contributed by atoms with van der Waals surface area (Å²) in [6.07, 6.45) is 2.15. The van der Waals surface area contributed by atoms with Gasteiger partial charge in [-0.05, 0) is 45.5 Å². The van der Waals surface area contributed by atoms with Crippen LogP contribution in [-0.2, 0) is 0 Å². The molecule has 0 radical (unpaired) electrons. The van der Waals surface area contributed by atoms with Gasteiger partial charge in [0.05, 0.1) is 12.1 Å². The SMILES string of the molecule is Cc1ccc(C#CCN)c(C(=O)NC2CCCN(C)C2)c1. The summed E-state index contributed by atoms with van der Waals surface area (Å²) in [5, 5.41) is 3.13. The Labute approximate surface area is 126 Å². The third kappa shape index (κ3) is 4.32. The number of carbonyl (C=O) groups excluding carboxylic acids is 1. The Morgan fingerprint density at radius 2 is 2.33 bits per heavy atom. The molecule has 0 aliphatic carbocycles. The smallest absolute Gasteiger partial charge is 0.252 e. The van der Waals surface area contributed by atoms with Crippen LogP contribution in [0.15, 0.2) is 18.2 Å². The molecule has 1 amide bonds. The molecule has 0 spiro atoms. The molecule has 4 nitrogen and oxygen atoms in total. The molecule has 0 bridgehead atoms. The Morgan fingerprint density at radius 3 is 3.05 bits per heavy atom. The van der Waals surface area contributed by atoms with Crippen molar-refractivity contribution >= 4 is 5.91 Å². The molecule has 1 saturated heterocycles. The lowest BCUT2D eigenvalue weighted by Gasteiger charge is -2.30. The average Bonchev–Trinajstić information content (AvgIpc) is 2.46. The number of aryl methyl sites for hydroxylation is 1. The summed E-state index contributed by atoms with van der Waals surface area (Å²) in [6, 6.07) is 5.96. The zero-order chi connectivity index (χ0) is 15.2. The fourth-order valence-electron chi connectivity index (χ4n) is 2.65. The van der Waals surface area contributed by atoms with Crippen molar-refractivity contribution in [1.29, 1.82) is 0 Å². The van der Waals surface area contributed by atoms with Gasteiger partial charge in [0.1, 0.15) is 0 Å². The number of nitrogens with zero attached hydrogens (tertiary/aromatic N) is 1. The second-order valence-corrected chi connectivity index (χ2v) is 5.63. The highest BCUT2D eigenvalue weighted by Gasteiger charge is 2.20. The summed E-state index contributed by atoms with van der Waals surface area (Å²) in [7, 11) is 2.09. The Balaban J connectivity index is 2.15. The summed E-state index contributed by atoms with van der Waals surface area (Å²) in [5.41, 5.74) is 7.86. The van der Waals surface area contributed by atoms with Gasteiger partial charge < -0.3 is 16.0 Å². The number of hydrogen-bond donors (Lipinski definition) is 2. The van der Waals surface area contributed by atoms with Crippen LogP contribution in [0.5, 0.6) is 0 Å². The number of carbonyl (C=O) groups is 1. The first kappa shape index (κ1) is 15.6. The molecule has 1 aromatic carbocycles. The number of rotatable bonds is 2. The van der Waals surface area contributed by atoms with Crippen LogP contribution in [0.4, 0.5) is 0 Å². The van der Waals surface area contributed by atoms with Gasteiger partial charge in [0.2, 0.25) is 0 Å². The van der Waals surface area contributed by atoms with Gasteiger partial charge in [0.25, 0.3) is 5.91 Å². The number of nitrogens with one attached hydrogen (secondary N) is 1. The van der Waals surface area contributed by atoms with E-state index in [-0.39, 0.29) is 11.9 Å². The van der Waals surface area contributed by atoms with Crippen molar-refractivity contribution in [1.82, 2.24) is 10.2 Å². The lowest BCUT2D eigenvalue weighted by molar-refractivity contribution is 0.0912. The van der Waals surface area contributed by atoms with Crippen LogP contribution in [0.3, 0.4) is 0 Å². The summed E-state index contributed by atoms with van der Waals surface area (Å²) in [6.45, 7) is 4.28. The summed E-state index contributed by atoms with van der Waals surface area (Å²) in [5.74, 6) is 5.76. The lowest BCUT2D eigenvalue weighted by Crippen LogP contribution is -2.46. The fourth-order valence-corrected chi connectivity index (χ4v) is 2.65. The number of hydrogen-bond acceptors (Lipinski definition) is 3. The second-order valence-electron chi connectivity index (χ2n) is 5.63. The molecule has 1 aliphatic rings. The van der Waals surface area contributed by atoms with Gasteiger partial charge in [0, 0.05) is 18.2 Å². The van der Waals surface area contributed by atoms with Gasteiger partial charge in [-0.25, -0.2) is 0 Å². The molecule has 1 heterocycles. The van der Waals surface area contributed by atoms with E-state index in [2.05, 4.69) is 29.1 Å². The second kappa shape index (κ2) is 7.26. The van der Waals surface area contributed by atoms with Crippen molar-refractivity contribution in [3.05, 3.63) is 34.9 Å². The maximum Gasteiger partial charge on any atom is 0.252 e. The Morgan fingerprint density at radius 1 is 1.52 bits per heavy atom. The molecule has 1 atom stereocenters. The number of benzene rings is 1. The highest BCUT2D eigenvalue weighted by atomic mass is 16.1. The Hall–Kier alpha value is -1.83. The normalized spacial score (nSPS) is 18.7. The predicted octanol–water partition coefficient (Wildman–Crippen LogP) is 1.13. The molecule has 1 aromatic rings. The number of piperidine rings is 1. The van der Waals surface area contributed by atoms with Crippen LogP contribution in [0.25, 0.3) is 0 Å². The third-order valence-corrected chi connectivity index (χ3v) is 3.70. The average molecular weight is 285 g/mol. The van der Waals surface area contributed by atoms with Crippen molar-refractivity contribution in [2.45, 2.75) is 25.8 Å². The monoisotopic (exact) mass is 285 g/mol. The summed E-state index contributed by atoms with van der Waals surface area (Å²) < 4.78 is 0. The van der Waals surface area contributed by atoms with Crippen LogP contribution in [0.2, 0.25) is 0 Å². The standard InChI is InChI=1S/C17H23N3O/c1-13-7-8-14(5-3-9-18)16(11-13)17(21)19-15-6-4-10-20(2)12-15/h7-8,11,15H,4,6,9-10,12,18H2,1-2H3,(H,19,21). The van der Waals surface area contributed by atoms with Gasteiger partial charge in [-0.3, -0.25) is 4.79 Å². The molecule has 0 aromatic heterocycles. The van der Waals surface area contributed by atoms with Crippen molar-refractivity contribution < 1.29 is 4.79 Å². The molecule has 1 aliphatic heterocycles. The van der Waals surface area contributed by atoms with E-state index in [1.54, 1.807) is 0 Å². The van der Waals surface area contributed by atoms with E-state index in [0.29, 0.717) is 12.1 Å². The molecule has 112 valence electrons. The predicted molar refractivity (Wildman–Crippen MR) is 85.1 cm³/mol. The van der Waals surface area contributed by atoms with Crippen LogP contribution in [0.1, 0.15) is 34.3 Å². The minimum Gasteiger partial charge on any atom is -0.348 e. The number of nitrogens with two attached hydrogens (primary N) is 1. The molecule has 3 N–H and O–H groups in total. The maximum absolute atomic E-state index is 12.5. The number of likely N-dealkylation sites (tertiary alicyclic amines) is 1. The van der Waals surface area contributed by atoms with Crippen molar-refractivity contribution in [3.8, 4) is 11.8 Å². The van der Waals surface area contributed by atoms with E-state index >= 15 is 0 Å². The fraction of sp³-hybridized carbons (Fsp3) is 0.471. The van der Waals surface area contributed by atoms with Gasteiger partial charge in [-0.2, -0.15) is 0 Å². The third-order valence-electron chi connectivity index (χ3n) is 3.70. The van der Waals surface area contributed by atoms with Crippen molar-refractivity contribution in [2.75, 3.05) is 26.7 Å². The summed E-state index contributed by atoms with van der Waals surface area (Å²) in [4.78, 5) is 14.8. The summed E-state index contributed by atoms with van der Waals surface area (Å²) >= 11 is 0. The van der Waals surface area contributed by atoms with Crippen molar-refractivity contribution in [2.24, 2.45) is 5.73 Å². The topological polar surface area (TPSA) is 58.4 Å². The maximum atomic E-state index is 12.5. The molecular formula is C17H23N3O.